The normalized spacial score (nSPS) is 30.4. The van der Waals surface area contributed by atoms with E-state index in [1.54, 1.807) is 4.90 Å². The van der Waals surface area contributed by atoms with Crippen LogP contribution in [-0.4, -0.2) is 42.3 Å². The average Bonchev–Trinajstić information content (AvgIpc) is 2.84. The fourth-order valence-corrected chi connectivity index (χ4v) is 2.94. The van der Waals surface area contributed by atoms with Crippen molar-refractivity contribution in [2.45, 2.75) is 45.3 Å². The third-order valence-electron chi connectivity index (χ3n) is 3.67. The number of hydrogen-bond acceptors (Lipinski definition) is 4. The predicted molar refractivity (Wildman–Crippen MR) is 65.0 cm³/mol. The Balaban J connectivity index is 1.95. The molecule has 2 bridgehead atoms. The molecule has 0 aromatic heterocycles. The zero-order chi connectivity index (χ0) is 13.5. The highest BCUT2D eigenvalue weighted by Gasteiger charge is 2.50. The Hall–Kier alpha value is -1.26. The van der Waals surface area contributed by atoms with E-state index in [1.807, 2.05) is 20.8 Å². The van der Waals surface area contributed by atoms with Gasteiger partial charge < -0.3 is 14.4 Å². The number of esters is 1. The fourth-order valence-electron chi connectivity index (χ4n) is 2.94. The number of methoxy groups -OCH3 is 1. The number of hydrogen-bond donors (Lipinski definition) is 0. The number of fused-ring (bicyclic) bond motifs is 2. The molecule has 0 spiro atoms. The minimum absolute atomic E-state index is 0.0429. The zero-order valence-corrected chi connectivity index (χ0v) is 11.4. The molecule has 2 fully saturated rings. The molecule has 1 saturated heterocycles. The molecule has 18 heavy (non-hydrogen) atoms. The van der Waals surface area contributed by atoms with Gasteiger partial charge in [-0.1, -0.05) is 0 Å². The van der Waals surface area contributed by atoms with Crippen molar-refractivity contribution < 1.29 is 19.1 Å². The summed E-state index contributed by atoms with van der Waals surface area (Å²) in [6.07, 6.45) is 1.33. The highest BCUT2D eigenvalue weighted by Crippen LogP contribution is 2.43. The molecule has 102 valence electrons. The van der Waals surface area contributed by atoms with Gasteiger partial charge in [0.25, 0.3) is 0 Å². The van der Waals surface area contributed by atoms with E-state index >= 15 is 0 Å². The van der Waals surface area contributed by atoms with Crippen LogP contribution >= 0.6 is 0 Å². The van der Waals surface area contributed by atoms with Gasteiger partial charge in [-0.05, 0) is 39.5 Å². The first-order valence-corrected chi connectivity index (χ1v) is 6.39. The van der Waals surface area contributed by atoms with Crippen molar-refractivity contribution in [3.63, 3.8) is 0 Å². The molecule has 1 amide bonds. The monoisotopic (exact) mass is 255 g/mol. The van der Waals surface area contributed by atoms with Gasteiger partial charge in [0.1, 0.15) is 5.60 Å². The largest absolute Gasteiger partial charge is 0.469 e. The van der Waals surface area contributed by atoms with Crippen LogP contribution in [0.25, 0.3) is 0 Å². The van der Waals surface area contributed by atoms with Crippen molar-refractivity contribution in [1.29, 1.82) is 0 Å². The lowest BCUT2D eigenvalue weighted by molar-refractivity contribution is -0.147. The van der Waals surface area contributed by atoms with Crippen molar-refractivity contribution in [2.24, 2.45) is 11.8 Å². The molecule has 3 atom stereocenters. The van der Waals surface area contributed by atoms with Crippen LogP contribution < -0.4 is 0 Å². The number of nitrogens with zero attached hydrogens (tertiary/aromatic N) is 1. The van der Waals surface area contributed by atoms with Crippen molar-refractivity contribution in [1.82, 2.24) is 4.90 Å². The van der Waals surface area contributed by atoms with E-state index in [9.17, 15) is 9.59 Å². The molecule has 0 aromatic carbocycles. The third-order valence-corrected chi connectivity index (χ3v) is 3.67. The smallest absolute Gasteiger partial charge is 0.410 e. The first kappa shape index (κ1) is 13.2. The zero-order valence-electron chi connectivity index (χ0n) is 11.4. The quantitative estimate of drug-likeness (QED) is 0.670. The van der Waals surface area contributed by atoms with Crippen molar-refractivity contribution >= 4 is 12.1 Å². The number of ether oxygens (including phenoxy) is 2. The molecule has 1 saturated carbocycles. The second-order valence-corrected chi connectivity index (χ2v) is 6.15. The van der Waals surface area contributed by atoms with Crippen molar-refractivity contribution in [3.8, 4) is 0 Å². The van der Waals surface area contributed by atoms with Gasteiger partial charge in [0.15, 0.2) is 0 Å². The second kappa shape index (κ2) is 4.44. The molecule has 2 rings (SSSR count). The summed E-state index contributed by atoms with van der Waals surface area (Å²) in [6.45, 7) is 6.18. The molecule has 5 nitrogen and oxygen atoms in total. The number of amides is 1. The Kier molecular flexibility index (Phi) is 3.25. The Morgan fingerprint density at radius 2 is 1.89 bits per heavy atom. The van der Waals surface area contributed by atoms with Gasteiger partial charge in [-0.3, -0.25) is 4.79 Å². The molecule has 1 aliphatic heterocycles. The summed E-state index contributed by atoms with van der Waals surface area (Å²) in [6, 6.07) is 0.133. The summed E-state index contributed by atoms with van der Waals surface area (Å²) in [5.41, 5.74) is -0.472. The predicted octanol–water partition coefficient (Wildman–Crippen LogP) is 1.80. The van der Waals surface area contributed by atoms with E-state index in [2.05, 4.69) is 0 Å². The number of likely N-dealkylation sites (tertiary alicyclic amines) is 1. The number of carbonyl (C=O) groups is 2. The lowest BCUT2D eigenvalue weighted by Crippen LogP contribution is -2.44. The third kappa shape index (κ3) is 2.44. The molecule has 1 aliphatic carbocycles. The first-order valence-electron chi connectivity index (χ1n) is 6.39. The lowest BCUT2D eigenvalue weighted by atomic mass is 9.95. The minimum atomic E-state index is -0.472. The first-order chi connectivity index (χ1) is 8.31. The maximum atomic E-state index is 12.0. The van der Waals surface area contributed by atoms with Gasteiger partial charge in [0, 0.05) is 12.6 Å². The Morgan fingerprint density at radius 1 is 1.22 bits per heavy atom. The standard InChI is InChI=1S/C13H21NO4/c1-13(2,3)18-12(16)14-7-8-5-9(14)6-10(8)11(15)17-4/h8-10H,5-7H2,1-4H3/t8-,9-,10-/m1/s1. The van der Waals surface area contributed by atoms with Crippen molar-refractivity contribution in [3.05, 3.63) is 0 Å². The molecule has 5 heteroatoms. The van der Waals surface area contributed by atoms with E-state index in [0.29, 0.717) is 13.0 Å². The van der Waals surface area contributed by atoms with E-state index < -0.39 is 5.60 Å². The second-order valence-electron chi connectivity index (χ2n) is 6.15. The van der Waals surface area contributed by atoms with E-state index in [4.69, 9.17) is 9.47 Å². The van der Waals surface area contributed by atoms with Gasteiger partial charge in [0.2, 0.25) is 0 Å². The van der Waals surface area contributed by atoms with E-state index in [-0.39, 0.29) is 29.9 Å². The molecule has 0 aromatic rings. The highest BCUT2D eigenvalue weighted by atomic mass is 16.6. The van der Waals surface area contributed by atoms with Gasteiger partial charge >= 0.3 is 12.1 Å². The van der Waals surface area contributed by atoms with Gasteiger partial charge in [-0.15, -0.1) is 0 Å². The van der Waals surface area contributed by atoms with Crippen LogP contribution in [0.4, 0.5) is 4.79 Å². The molecule has 2 aliphatic rings. The summed E-state index contributed by atoms with van der Waals surface area (Å²) in [7, 11) is 1.42. The van der Waals surface area contributed by atoms with Crippen molar-refractivity contribution in [2.75, 3.05) is 13.7 Å². The highest BCUT2D eigenvalue weighted by molar-refractivity contribution is 5.75. The molecule has 1 heterocycles. The topological polar surface area (TPSA) is 55.8 Å². The minimum Gasteiger partial charge on any atom is -0.469 e. The summed E-state index contributed by atoms with van der Waals surface area (Å²) in [4.78, 5) is 25.3. The van der Waals surface area contributed by atoms with Crippen LogP contribution in [0, 0.1) is 11.8 Å². The van der Waals surface area contributed by atoms with Gasteiger partial charge in [-0.2, -0.15) is 0 Å². The average molecular weight is 255 g/mol. The van der Waals surface area contributed by atoms with Crippen LogP contribution in [0.1, 0.15) is 33.6 Å². The van der Waals surface area contributed by atoms with Gasteiger partial charge in [-0.25, -0.2) is 4.79 Å². The van der Waals surface area contributed by atoms with E-state index in [1.165, 1.54) is 7.11 Å². The molecular formula is C13H21NO4. The fraction of sp³-hybridized carbons (Fsp3) is 0.846. The van der Waals surface area contributed by atoms with Crippen LogP contribution in [0.2, 0.25) is 0 Å². The Labute approximate surface area is 107 Å². The number of carbonyl (C=O) groups excluding carboxylic acids is 2. The molecular weight excluding hydrogens is 234 g/mol. The summed E-state index contributed by atoms with van der Waals surface area (Å²) < 4.78 is 10.2. The Morgan fingerprint density at radius 3 is 2.33 bits per heavy atom. The van der Waals surface area contributed by atoms with Crippen LogP contribution in [0.3, 0.4) is 0 Å². The molecule has 0 unspecified atom stereocenters. The van der Waals surface area contributed by atoms with Crippen LogP contribution in [0.15, 0.2) is 0 Å². The summed E-state index contributed by atoms with van der Waals surface area (Å²) in [5.74, 6) is 0.0417. The summed E-state index contributed by atoms with van der Waals surface area (Å²) in [5, 5.41) is 0. The van der Waals surface area contributed by atoms with E-state index in [0.717, 1.165) is 6.42 Å². The Bertz CT molecular complexity index is 360. The maximum absolute atomic E-state index is 12.0. The maximum Gasteiger partial charge on any atom is 0.410 e. The molecule has 0 radical (unpaired) electrons. The lowest BCUT2D eigenvalue weighted by Gasteiger charge is -2.32. The summed E-state index contributed by atoms with van der Waals surface area (Å²) >= 11 is 0. The number of rotatable bonds is 1. The molecule has 0 N–H and O–H groups in total. The SMILES string of the molecule is COC(=O)[C@@H]1C[C@H]2C[C@@H]1CN2C(=O)OC(C)(C)C. The van der Waals surface area contributed by atoms with Crippen LogP contribution in [0.5, 0.6) is 0 Å². The van der Waals surface area contributed by atoms with Gasteiger partial charge in [0.05, 0.1) is 13.0 Å². The number of piperidine rings is 1. The van der Waals surface area contributed by atoms with Crippen LogP contribution in [-0.2, 0) is 14.3 Å².